The minimum absolute atomic E-state index is 0.160. The topological polar surface area (TPSA) is 50.5 Å². The van der Waals surface area contributed by atoms with Crippen LogP contribution in [0, 0.1) is 6.92 Å². The van der Waals surface area contributed by atoms with Crippen molar-refractivity contribution in [3.8, 4) is 0 Å². The Morgan fingerprint density at radius 1 is 1.30 bits per heavy atom. The number of carbonyl (C=O) groups excluding carboxylic acids is 1. The lowest BCUT2D eigenvalue weighted by atomic mass is 9.93. The maximum atomic E-state index is 12.4. The van der Waals surface area contributed by atoms with Crippen LogP contribution in [0.3, 0.4) is 0 Å². The molecule has 0 spiro atoms. The predicted octanol–water partition coefficient (Wildman–Crippen LogP) is 3.12. The summed E-state index contributed by atoms with van der Waals surface area (Å²) in [6.45, 7) is 3.58. The second kappa shape index (κ2) is 5.77. The molecule has 5 nitrogen and oxygen atoms in total. The number of aryl methyl sites for hydroxylation is 1. The Morgan fingerprint density at radius 3 is 2.87 bits per heavy atom. The Balaban J connectivity index is 1.52. The standard InChI is InChI=1S/C17H18N4OS/c1-12-11-16-18-7-4-14(21(16)19-12)13-5-8-20(9-6-13)17(22)15-3-2-10-23-15/h2-4,7,10-11,13H,5-6,8-9H2,1H3. The quantitative estimate of drug-likeness (QED) is 0.727. The van der Waals surface area contributed by atoms with Crippen molar-refractivity contribution in [1.82, 2.24) is 19.5 Å². The molecule has 0 atom stereocenters. The van der Waals surface area contributed by atoms with Gasteiger partial charge in [0, 0.05) is 37.0 Å². The molecule has 118 valence electrons. The van der Waals surface area contributed by atoms with Crippen LogP contribution in [0.5, 0.6) is 0 Å². The van der Waals surface area contributed by atoms with Crippen molar-refractivity contribution in [2.75, 3.05) is 13.1 Å². The first kappa shape index (κ1) is 14.4. The molecule has 0 aromatic carbocycles. The van der Waals surface area contributed by atoms with Gasteiger partial charge in [-0.2, -0.15) is 5.10 Å². The number of hydrogen-bond acceptors (Lipinski definition) is 4. The van der Waals surface area contributed by atoms with E-state index in [2.05, 4.69) is 16.1 Å². The maximum Gasteiger partial charge on any atom is 0.263 e. The summed E-state index contributed by atoms with van der Waals surface area (Å²) < 4.78 is 1.96. The number of likely N-dealkylation sites (tertiary alicyclic amines) is 1. The summed E-state index contributed by atoms with van der Waals surface area (Å²) in [6, 6.07) is 7.89. The molecule has 1 aliphatic heterocycles. The molecule has 3 aromatic rings. The molecule has 23 heavy (non-hydrogen) atoms. The summed E-state index contributed by atoms with van der Waals surface area (Å²) in [4.78, 5) is 19.6. The first-order valence-corrected chi connectivity index (χ1v) is 8.74. The highest BCUT2D eigenvalue weighted by Gasteiger charge is 2.26. The normalized spacial score (nSPS) is 16.1. The minimum Gasteiger partial charge on any atom is -0.338 e. The smallest absolute Gasteiger partial charge is 0.263 e. The van der Waals surface area contributed by atoms with Gasteiger partial charge in [0.05, 0.1) is 10.6 Å². The summed E-state index contributed by atoms with van der Waals surface area (Å²) in [7, 11) is 0. The van der Waals surface area contributed by atoms with Crippen molar-refractivity contribution in [3.05, 3.63) is 52.1 Å². The van der Waals surface area contributed by atoms with Crippen LogP contribution in [-0.4, -0.2) is 38.5 Å². The van der Waals surface area contributed by atoms with Crippen LogP contribution in [0.1, 0.15) is 39.8 Å². The van der Waals surface area contributed by atoms with E-state index >= 15 is 0 Å². The van der Waals surface area contributed by atoms with E-state index in [4.69, 9.17) is 0 Å². The van der Waals surface area contributed by atoms with Crippen LogP contribution in [-0.2, 0) is 0 Å². The summed E-state index contributed by atoms with van der Waals surface area (Å²) in [5.74, 6) is 0.584. The van der Waals surface area contributed by atoms with E-state index < -0.39 is 0 Å². The summed E-state index contributed by atoms with van der Waals surface area (Å²) in [6.07, 6.45) is 3.79. The first-order chi connectivity index (χ1) is 11.2. The minimum atomic E-state index is 0.160. The molecule has 4 heterocycles. The van der Waals surface area contributed by atoms with Crippen molar-refractivity contribution in [2.24, 2.45) is 0 Å². The van der Waals surface area contributed by atoms with Gasteiger partial charge in [-0.3, -0.25) is 4.79 Å². The highest BCUT2D eigenvalue weighted by molar-refractivity contribution is 7.12. The number of piperidine rings is 1. The SMILES string of the molecule is Cc1cc2nccc(C3CCN(C(=O)c4cccs4)CC3)n2n1. The van der Waals surface area contributed by atoms with Crippen LogP contribution in [0.2, 0.25) is 0 Å². The van der Waals surface area contributed by atoms with Crippen molar-refractivity contribution >= 4 is 22.9 Å². The molecule has 0 bridgehead atoms. The number of rotatable bonds is 2. The Labute approximate surface area is 138 Å². The molecule has 0 saturated carbocycles. The second-order valence-corrected chi connectivity index (χ2v) is 6.92. The number of carbonyl (C=O) groups is 1. The molecular weight excluding hydrogens is 308 g/mol. The average molecular weight is 326 g/mol. The summed E-state index contributed by atoms with van der Waals surface area (Å²) in [5.41, 5.74) is 3.08. The fourth-order valence-corrected chi connectivity index (χ4v) is 3.96. The first-order valence-electron chi connectivity index (χ1n) is 7.86. The van der Waals surface area contributed by atoms with Gasteiger partial charge in [0.25, 0.3) is 5.91 Å². The van der Waals surface area contributed by atoms with E-state index in [0.717, 1.165) is 42.1 Å². The molecule has 1 saturated heterocycles. The van der Waals surface area contributed by atoms with Gasteiger partial charge in [-0.1, -0.05) is 6.07 Å². The largest absolute Gasteiger partial charge is 0.338 e. The molecule has 0 N–H and O–H groups in total. The van der Waals surface area contributed by atoms with E-state index in [1.165, 1.54) is 17.0 Å². The van der Waals surface area contributed by atoms with Gasteiger partial charge >= 0.3 is 0 Å². The fraction of sp³-hybridized carbons (Fsp3) is 0.353. The van der Waals surface area contributed by atoms with Gasteiger partial charge in [-0.15, -0.1) is 11.3 Å². The zero-order chi connectivity index (χ0) is 15.8. The molecule has 3 aromatic heterocycles. The zero-order valence-corrected chi connectivity index (χ0v) is 13.8. The molecule has 6 heteroatoms. The molecule has 0 unspecified atom stereocenters. The van der Waals surface area contributed by atoms with Crippen molar-refractivity contribution in [3.63, 3.8) is 0 Å². The van der Waals surface area contributed by atoms with E-state index in [1.54, 1.807) is 0 Å². The molecule has 0 aliphatic carbocycles. The number of thiophene rings is 1. The van der Waals surface area contributed by atoms with Crippen LogP contribution in [0.15, 0.2) is 35.8 Å². The Kier molecular flexibility index (Phi) is 3.61. The highest BCUT2D eigenvalue weighted by atomic mass is 32.1. The van der Waals surface area contributed by atoms with Gasteiger partial charge < -0.3 is 4.90 Å². The number of hydrogen-bond donors (Lipinski definition) is 0. The Morgan fingerprint density at radius 2 is 2.13 bits per heavy atom. The van der Waals surface area contributed by atoms with E-state index in [-0.39, 0.29) is 5.91 Å². The van der Waals surface area contributed by atoms with Crippen LogP contribution < -0.4 is 0 Å². The maximum absolute atomic E-state index is 12.4. The highest BCUT2D eigenvalue weighted by Crippen LogP contribution is 2.29. The number of amides is 1. The number of fused-ring (bicyclic) bond motifs is 1. The third-order valence-corrected chi connectivity index (χ3v) is 5.30. The van der Waals surface area contributed by atoms with E-state index in [1.807, 2.05) is 46.1 Å². The van der Waals surface area contributed by atoms with Gasteiger partial charge in [-0.25, -0.2) is 9.50 Å². The molecule has 4 rings (SSSR count). The lowest BCUT2D eigenvalue weighted by molar-refractivity contribution is 0.0716. The molecular formula is C17H18N4OS. The van der Waals surface area contributed by atoms with Gasteiger partial charge in [0.15, 0.2) is 5.65 Å². The molecule has 1 aliphatic rings. The summed E-state index contributed by atoms with van der Waals surface area (Å²) >= 11 is 1.51. The monoisotopic (exact) mass is 326 g/mol. The second-order valence-electron chi connectivity index (χ2n) is 5.97. The van der Waals surface area contributed by atoms with Crippen molar-refractivity contribution in [1.29, 1.82) is 0 Å². The van der Waals surface area contributed by atoms with Gasteiger partial charge in [0.2, 0.25) is 0 Å². The molecule has 1 amide bonds. The Hall–Kier alpha value is -2.21. The molecule has 1 fully saturated rings. The molecule has 0 radical (unpaired) electrons. The van der Waals surface area contributed by atoms with Crippen LogP contribution in [0.4, 0.5) is 0 Å². The third kappa shape index (κ3) is 2.63. The van der Waals surface area contributed by atoms with E-state index in [9.17, 15) is 4.79 Å². The van der Waals surface area contributed by atoms with Crippen molar-refractivity contribution in [2.45, 2.75) is 25.7 Å². The summed E-state index contributed by atoms with van der Waals surface area (Å²) in [5, 5.41) is 6.51. The Bertz CT molecular complexity index is 832. The average Bonchev–Trinajstić information content (AvgIpc) is 3.22. The lowest BCUT2D eigenvalue weighted by Gasteiger charge is -2.32. The number of nitrogens with zero attached hydrogens (tertiary/aromatic N) is 4. The van der Waals surface area contributed by atoms with E-state index in [0.29, 0.717) is 5.92 Å². The number of aromatic nitrogens is 3. The van der Waals surface area contributed by atoms with Crippen LogP contribution in [0.25, 0.3) is 5.65 Å². The van der Waals surface area contributed by atoms with Gasteiger partial charge in [0.1, 0.15) is 0 Å². The van der Waals surface area contributed by atoms with Gasteiger partial charge in [-0.05, 0) is 37.3 Å². The van der Waals surface area contributed by atoms with Crippen molar-refractivity contribution < 1.29 is 4.79 Å². The lowest BCUT2D eigenvalue weighted by Crippen LogP contribution is -2.37. The zero-order valence-electron chi connectivity index (χ0n) is 13.0. The predicted molar refractivity (Wildman–Crippen MR) is 89.9 cm³/mol. The fourth-order valence-electron chi connectivity index (χ4n) is 3.27. The third-order valence-electron chi connectivity index (χ3n) is 4.44. The van der Waals surface area contributed by atoms with Crippen LogP contribution >= 0.6 is 11.3 Å².